The molecule has 0 amide bonds. The zero-order valence-corrected chi connectivity index (χ0v) is 20.6. The largest absolute Gasteiger partial charge is 0.395 e. The maximum absolute atomic E-state index is 13.4. The van der Waals surface area contributed by atoms with Crippen LogP contribution in [0.1, 0.15) is 25.3 Å². The summed E-state index contributed by atoms with van der Waals surface area (Å²) in [5, 5.41) is 20.2. The molecule has 5 rings (SSSR count). The number of pyridine rings is 1. The fourth-order valence-corrected chi connectivity index (χ4v) is 6.45. The summed E-state index contributed by atoms with van der Waals surface area (Å²) in [6, 6.07) is 1.36. The molecule has 0 aliphatic carbocycles. The molecule has 0 unspecified atom stereocenters. The zero-order valence-electron chi connectivity index (χ0n) is 19.0. The molecule has 0 spiro atoms. The molecule has 0 bridgehead atoms. The third-order valence-corrected chi connectivity index (χ3v) is 8.51. The van der Waals surface area contributed by atoms with Gasteiger partial charge in [-0.1, -0.05) is 11.3 Å². The first-order valence-corrected chi connectivity index (χ1v) is 13.2. The number of ether oxygens (including phenoxy) is 1. The Morgan fingerprint density at radius 1 is 1.37 bits per heavy atom. The van der Waals surface area contributed by atoms with Crippen LogP contribution >= 0.6 is 11.3 Å². The quantitative estimate of drug-likeness (QED) is 0.410. The van der Waals surface area contributed by atoms with E-state index in [0.29, 0.717) is 30.1 Å². The molecule has 3 aromatic rings. The molecular weight excluding hydrogens is 504 g/mol. The summed E-state index contributed by atoms with van der Waals surface area (Å²) in [5.74, 6) is 0. The summed E-state index contributed by atoms with van der Waals surface area (Å²) in [7, 11) is -3.97. The van der Waals surface area contributed by atoms with Gasteiger partial charge in [-0.3, -0.25) is 4.40 Å². The van der Waals surface area contributed by atoms with Crippen molar-refractivity contribution in [3.8, 4) is 10.7 Å². The monoisotopic (exact) mass is 529 g/mol. The van der Waals surface area contributed by atoms with Crippen molar-refractivity contribution in [2.24, 2.45) is 0 Å². The van der Waals surface area contributed by atoms with Gasteiger partial charge in [-0.25, -0.2) is 26.9 Å². The fraction of sp³-hybridized carbons (Fsp3) is 0.550. The highest BCUT2D eigenvalue weighted by Crippen LogP contribution is 2.34. The topological polar surface area (TPSA) is 134 Å². The molecule has 11 nitrogen and oxygen atoms in total. The highest BCUT2D eigenvalue weighted by Gasteiger charge is 2.38. The van der Waals surface area contributed by atoms with Gasteiger partial charge in [0.1, 0.15) is 10.6 Å². The van der Waals surface area contributed by atoms with E-state index in [9.17, 15) is 22.3 Å². The highest BCUT2D eigenvalue weighted by atomic mass is 32.2. The van der Waals surface area contributed by atoms with Crippen LogP contribution in [0.25, 0.3) is 16.3 Å². The second kappa shape index (κ2) is 8.97. The number of aliphatic hydroxyl groups is 1. The van der Waals surface area contributed by atoms with Gasteiger partial charge in [-0.05, 0) is 19.9 Å². The van der Waals surface area contributed by atoms with E-state index in [1.165, 1.54) is 12.4 Å². The molecular formula is C20H25F2N7O4S2. The number of halogens is 2. The molecule has 2 aliphatic rings. The molecule has 15 heteroatoms. The van der Waals surface area contributed by atoms with E-state index in [1.807, 2.05) is 11.8 Å². The van der Waals surface area contributed by atoms with Crippen LogP contribution in [0.5, 0.6) is 0 Å². The van der Waals surface area contributed by atoms with Gasteiger partial charge >= 0.3 is 0 Å². The maximum Gasteiger partial charge on any atom is 0.291 e. The summed E-state index contributed by atoms with van der Waals surface area (Å²) in [6.45, 7) is 5.12. The predicted octanol–water partition coefficient (Wildman–Crippen LogP) is 1.02. The molecule has 190 valence electrons. The Balaban J connectivity index is 1.65. The van der Waals surface area contributed by atoms with Crippen LogP contribution in [-0.4, -0.2) is 83.6 Å². The summed E-state index contributed by atoms with van der Waals surface area (Å²) >= 11 is 0.724. The highest BCUT2D eigenvalue weighted by molar-refractivity contribution is 7.89. The first kappa shape index (κ1) is 24.4. The van der Waals surface area contributed by atoms with Crippen LogP contribution in [0.3, 0.4) is 0 Å². The molecule has 0 saturated carbocycles. The number of rotatable bonds is 7. The minimum atomic E-state index is -3.97. The Bertz CT molecular complexity index is 1340. The second-order valence-electron chi connectivity index (χ2n) is 9.16. The van der Waals surface area contributed by atoms with Crippen molar-refractivity contribution in [3.63, 3.8) is 0 Å². The Labute approximate surface area is 204 Å². The third kappa shape index (κ3) is 4.63. The minimum Gasteiger partial charge on any atom is -0.395 e. The van der Waals surface area contributed by atoms with Gasteiger partial charge in [-0.2, -0.15) is 0 Å². The van der Waals surface area contributed by atoms with E-state index in [-0.39, 0.29) is 41.8 Å². The van der Waals surface area contributed by atoms with Gasteiger partial charge in [0.25, 0.3) is 6.43 Å². The molecule has 2 atom stereocenters. The van der Waals surface area contributed by atoms with Crippen molar-refractivity contribution >= 4 is 32.7 Å². The number of sulfonamides is 1. The second-order valence-corrected chi connectivity index (χ2v) is 11.8. The smallest absolute Gasteiger partial charge is 0.291 e. The predicted molar refractivity (Wildman–Crippen MR) is 124 cm³/mol. The minimum absolute atomic E-state index is 0.0160. The van der Waals surface area contributed by atoms with Gasteiger partial charge in [0.15, 0.2) is 15.7 Å². The zero-order chi connectivity index (χ0) is 25.0. The van der Waals surface area contributed by atoms with Crippen LogP contribution in [0.2, 0.25) is 0 Å². The lowest BCUT2D eigenvalue weighted by molar-refractivity contribution is -0.0523. The van der Waals surface area contributed by atoms with Crippen molar-refractivity contribution in [1.82, 2.24) is 29.6 Å². The van der Waals surface area contributed by atoms with Gasteiger partial charge in [0, 0.05) is 31.4 Å². The maximum atomic E-state index is 13.4. The number of anilines is 1. The Morgan fingerprint density at radius 2 is 2.14 bits per heavy atom. The molecule has 3 aromatic heterocycles. The first-order valence-electron chi connectivity index (χ1n) is 11.0. The van der Waals surface area contributed by atoms with Crippen molar-refractivity contribution in [2.45, 2.75) is 42.8 Å². The summed E-state index contributed by atoms with van der Waals surface area (Å²) in [6.07, 6.45) is 0.110. The van der Waals surface area contributed by atoms with Crippen molar-refractivity contribution in [3.05, 3.63) is 23.5 Å². The molecule has 35 heavy (non-hydrogen) atoms. The molecule has 2 aliphatic heterocycles. The van der Waals surface area contributed by atoms with Crippen molar-refractivity contribution in [2.75, 3.05) is 37.8 Å². The van der Waals surface area contributed by atoms with Gasteiger partial charge in [-0.15, -0.1) is 10.2 Å². The number of alkyl halides is 2. The Morgan fingerprint density at radius 3 is 2.77 bits per heavy atom. The van der Waals surface area contributed by atoms with Crippen molar-refractivity contribution < 1.29 is 27.0 Å². The Hall–Kier alpha value is -2.30. The summed E-state index contributed by atoms with van der Waals surface area (Å²) < 4.78 is 62.4. The van der Waals surface area contributed by atoms with Gasteiger partial charge in [0.2, 0.25) is 10.0 Å². The lowest BCUT2D eigenvalue weighted by Gasteiger charge is -2.39. The average Bonchev–Trinajstić information content (AvgIpc) is 3.43. The van der Waals surface area contributed by atoms with E-state index in [1.54, 1.807) is 17.4 Å². The molecule has 5 heterocycles. The number of aliphatic hydroxyl groups excluding tert-OH is 1. The first-order chi connectivity index (χ1) is 16.6. The number of imidazole rings is 1. The molecule has 2 saturated heterocycles. The number of piperazine rings is 1. The summed E-state index contributed by atoms with van der Waals surface area (Å²) in [4.78, 5) is 6.43. The van der Waals surface area contributed by atoms with E-state index in [0.717, 1.165) is 11.3 Å². The van der Waals surface area contributed by atoms with Gasteiger partial charge < -0.3 is 20.1 Å². The summed E-state index contributed by atoms with van der Waals surface area (Å²) in [5.41, 5.74) is 0.613. The standard InChI is InChI=1S/C20H25F2N7O4S2/c1-11-5-28(6-12(8-30)24-11)14-3-13(35(31,32)27-20(2)9-33-10-20)7-29-15(4-23-17(14)29)18-25-26-19(34-18)16(21)22/h3-4,7,11-12,16,24,27,30H,5-6,8-10H2,1-2H3/t11-,12+/m0/s1. The van der Waals surface area contributed by atoms with Crippen LogP contribution in [0.15, 0.2) is 23.4 Å². The van der Waals surface area contributed by atoms with Crippen LogP contribution < -0.4 is 14.9 Å². The number of fused-ring (bicyclic) bond motifs is 1. The number of nitrogens with zero attached hydrogens (tertiary/aromatic N) is 5. The average molecular weight is 530 g/mol. The number of aromatic nitrogens is 4. The lowest BCUT2D eigenvalue weighted by atomic mass is 10.0. The normalized spacial score (nSPS) is 22.6. The molecule has 0 radical (unpaired) electrons. The number of hydrogen-bond acceptors (Lipinski definition) is 10. The number of nitrogens with one attached hydrogen (secondary N) is 2. The molecule has 3 N–H and O–H groups in total. The van der Waals surface area contributed by atoms with E-state index in [2.05, 4.69) is 25.2 Å². The van der Waals surface area contributed by atoms with E-state index in [4.69, 9.17) is 4.74 Å². The number of hydrogen-bond donors (Lipinski definition) is 3. The SMILES string of the molecule is C[C@H]1CN(c2cc(S(=O)(=O)NC3(C)COC3)cn3c(-c4nnc(C(F)F)s4)cnc23)C[C@H](CO)N1. The van der Waals surface area contributed by atoms with Crippen LogP contribution in [0.4, 0.5) is 14.5 Å². The Kier molecular flexibility index (Phi) is 6.26. The molecule has 0 aromatic carbocycles. The van der Waals surface area contributed by atoms with Gasteiger partial charge in [0.05, 0.1) is 37.2 Å². The van der Waals surface area contributed by atoms with Crippen LogP contribution in [-0.2, 0) is 14.8 Å². The van der Waals surface area contributed by atoms with Crippen molar-refractivity contribution in [1.29, 1.82) is 0 Å². The van der Waals surface area contributed by atoms with E-state index < -0.39 is 27.0 Å². The fourth-order valence-electron chi connectivity index (χ4n) is 4.35. The van der Waals surface area contributed by atoms with E-state index >= 15 is 0 Å². The lowest BCUT2D eigenvalue weighted by Crippen LogP contribution is -2.59. The molecule has 2 fully saturated rings. The third-order valence-electron chi connectivity index (χ3n) is 5.96. The van der Waals surface area contributed by atoms with Crippen LogP contribution in [0, 0.1) is 0 Å².